The fourth-order valence-electron chi connectivity index (χ4n) is 3.75. The van der Waals surface area contributed by atoms with Crippen molar-refractivity contribution in [2.24, 2.45) is 0 Å². The number of benzene rings is 2. The minimum absolute atomic E-state index is 0.0187. The van der Waals surface area contributed by atoms with Crippen molar-refractivity contribution >= 4 is 29.1 Å². The summed E-state index contributed by atoms with van der Waals surface area (Å²) in [5, 5.41) is 2.99. The number of nitrogens with one attached hydrogen (secondary N) is 1. The van der Waals surface area contributed by atoms with Crippen molar-refractivity contribution in [3.8, 4) is 0 Å². The molecule has 0 aromatic heterocycles. The van der Waals surface area contributed by atoms with E-state index in [1.165, 1.54) is 7.11 Å². The summed E-state index contributed by atoms with van der Waals surface area (Å²) in [7, 11) is 1.37. The van der Waals surface area contributed by atoms with E-state index < -0.39 is 6.09 Å². The molecule has 2 aromatic rings. The summed E-state index contributed by atoms with van der Waals surface area (Å²) in [5.41, 5.74) is 10.0. The predicted octanol–water partition coefficient (Wildman–Crippen LogP) is 4.31. The summed E-state index contributed by atoms with van der Waals surface area (Å²) >= 11 is 0. The SMILES string of the molecule is COC(=O)N1c2ccc(N)c(NC(=O)CC(C)c3ccccc3)c2CC[C@@H]1C. The molecule has 0 fully saturated rings. The van der Waals surface area contributed by atoms with Gasteiger partial charge in [0.15, 0.2) is 0 Å². The Kier molecular flexibility index (Phi) is 5.87. The second-order valence-electron chi connectivity index (χ2n) is 7.32. The number of amides is 2. The maximum absolute atomic E-state index is 12.7. The van der Waals surface area contributed by atoms with E-state index in [4.69, 9.17) is 10.5 Å². The Morgan fingerprint density at radius 2 is 1.96 bits per heavy atom. The summed E-state index contributed by atoms with van der Waals surface area (Å²) in [6.45, 7) is 4.01. The number of nitrogen functional groups attached to an aromatic ring is 1. The van der Waals surface area contributed by atoms with Gasteiger partial charge in [-0.2, -0.15) is 0 Å². The van der Waals surface area contributed by atoms with Crippen LogP contribution in [0.2, 0.25) is 0 Å². The van der Waals surface area contributed by atoms with Gasteiger partial charge < -0.3 is 15.8 Å². The number of ether oxygens (including phenoxy) is 1. The molecule has 1 unspecified atom stereocenters. The van der Waals surface area contributed by atoms with Crippen molar-refractivity contribution < 1.29 is 14.3 Å². The largest absolute Gasteiger partial charge is 0.452 e. The highest BCUT2D eigenvalue weighted by molar-refractivity contribution is 5.99. The van der Waals surface area contributed by atoms with Crippen LogP contribution < -0.4 is 16.0 Å². The smallest absolute Gasteiger partial charge is 0.414 e. The van der Waals surface area contributed by atoms with Crippen molar-refractivity contribution in [1.82, 2.24) is 0 Å². The van der Waals surface area contributed by atoms with E-state index >= 15 is 0 Å². The molecule has 0 radical (unpaired) electrons. The minimum atomic E-state index is -0.409. The molecule has 0 aliphatic carbocycles. The van der Waals surface area contributed by atoms with Crippen LogP contribution in [0.3, 0.4) is 0 Å². The predicted molar refractivity (Wildman–Crippen MR) is 112 cm³/mol. The first-order chi connectivity index (χ1) is 13.4. The summed E-state index contributed by atoms with van der Waals surface area (Å²) in [4.78, 5) is 26.6. The Morgan fingerprint density at radius 1 is 1.25 bits per heavy atom. The first kappa shape index (κ1) is 19.7. The summed E-state index contributed by atoms with van der Waals surface area (Å²) in [6, 6.07) is 13.5. The Balaban J connectivity index is 1.84. The average Bonchev–Trinajstić information content (AvgIpc) is 2.70. The third-order valence-electron chi connectivity index (χ3n) is 5.33. The monoisotopic (exact) mass is 381 g/mol. The Bertz CT molecular complexity index is 867. The number of anilines is 3. The van der Waals surface area contributed by atoms with E-state index in [0.717, 1.165) is 29.7 Å². The summed E-state index contributed by atoms with van der Waals surface area (Å²) < 4.78 is 4.94. The molecule has 0 bridgehead atoms. The molecule has 6 heteroatoms. The van der Waals surface area contributed by atoms with Gasteiger partial charge in [-0.3, -0.25) is 9.69 Å². The zero-order valence-electron chi connectivity index (χ0n) is 16.6. The van der Waals surface area contributed by atoms with Gasteiger partial charge in [-0.15, -0.1) is 0 Å². The van der Waals surface area contributed by atoms with E-state index in [1.54, 1.807) is 11.0 Å². The van der Waals surface area contributed by atoms with Crippen LogP contribution in [-0.4, -0.2) is 25.2 Å². The molecule has 0 spiro atoms. The quantitative estimate of drug-likeness (QED) is 0.773. The molecule has 0 saturated heterocycles. The number of hydrogen-bond acceptors (Lipinski definition) is 4. The normalized spacial score (nSPS) is 16.8. The lowest BCUT2D eigenvalue weighted by molar-refractivity contribution is -0.116. The van der Waals surface area contributed by atoms with Crippen molar-refractivity contribution in [1.29, 1.82) is 0 Å². The van der Waals surface area contributed by atoms with Gasteiger partial charge in [0.05, 0.1) is 24.2 Å². The summed E-state index contributed by atoms with van der Waals surface area (Å²) in [6.07, 6.45) is 1.45. The fourth-order valence-corrected chi connectivity index (χ4v) is 3.75. The standard InChI is InChI=1S/C22H27N3O3/c1-14(16-7-5-4-6-8-16)13-20(26)24-21-17-10-9-15(2)25(22(27)28-3)19(17)12-11-18(21)23/h4-8,11-12,14-15H,9-10,13,23H2,1-3H3,(H,24,26)/t14?,15-/m0/s1. The molecule has 1 aliphatic rings. The molecule has 3 N–H and O–H groups in total. The van der Waals surface area contributed by atoms with E-state index in [9.17, 15) is 9.59 Å². The van der Waals surface area contributed by atoms with E-state index in [1.807, 2.05) is 50.2 Å². The van der Waals surface area contributed by atoms with Gasteiger partial charge in [-0.05, 0) is 43.4 Å². The molecule has 2 amide bonds. The van der Waals surface area contributed by atoms with Crippen LogP contribution in [0.5, 0.6) is 0 Å². The third kappa shape index (κ3) is 3.96. The Morgan fingerprint density at radius 3 is 2.64 bits per heavy atom. The second-order valence-corrected chi connectivity index (χ2v) is 7.32. The number of methoxy groups -OCH3 is 1. The highest BCUT2D eigenvalue weighted by Crippen LogP contribution is 2.39. The third-order valence-corrected chi connectivity index (χ3v) is 5.33. The second kappa shape index (κ2) is 8.33. The van der Waals surface area contributed by atoms with Gasteiger partial charge in [-0.25, -0.2) is 4.79 Å². The van der Waals surface area contributed by atoms with E-state index in [0.29, 0.717) is 17.8 Å². The van der Waals surface area contributed by atoms with Gasteiger partial charge >= 0.3 is 6.09 Å². The van der Waals surface area contributed by atoms with Gasteiger partial charge in [0.1, 0.15) is 0 Å². The maximum Gasteiger partial charge on any atom is 0.414 e. The number of carbonyl (C=O) groups excluding carboxylic acids is 2. The van der Waals surface area contributed by atoms with Crippen LogP contribution in [0.25, 0.3) is 0 Å². The van der Waals surface area contributed by atoms with Crippen LogP contribution in [0.4, 0.5) is 21.9 Å². The van der Waals surface area contributed by atoms with Gasteiger partial charge in [-0.1, -0.05) is 37.3 Å². The van der Waals surface area contributed by atoms with Gasteiger partial charge in [0.2, 0.25) is 5.91 Å². The van der Waals surface area contributed by atoms with Crippen LogP contribution >= 0.6 is 0 Å². The average molecular weight is 381 g/mol. The van der Waals surface area contributed by atoms with Crippen LogP contribution in [0.15, 0.2) is 42.5 Å². The van der Waals surface area contributed by atoms with Crippen LogP contribution in [-0.2, 0) is 16.0 Å². The molecule has 6 nitrogen and oxygen atoms in total. The molecule has 0 saturated carbocycles. The Labute approximate surface area is 165 Å². The number of rotatable bonds is 4. The first-order valence-electron chi connectivity index (χ1n) is 9.55. The summed E-state index contributed by atoms with van der Waals surface area (Å²) in [5.74, 6) is -0.00625. The van der Waals surface area contributed by atoms with Crippen LogP contribution in [0.1, 0.15) is 43.7 Å². The van der Waals surface area contributed by atoms with E-state index in [-0.39, 0.29) is 17.9 Å². The lowest BCUT2D eigenvalue weighted by Gasteiger charge is -2.35. The number of fused-ring (bicyclic) bond motifs is 1. The molecular formula is C22H27N3O3. The highest BCUT2D eigenvalue weighted by atomic mass is 16.5. The van der Waals surface area contributed by atoms with E-state index in [2.05, 4.69) is 5.32 Å². The van der Waals surface area contributed by atoms with Crippen molar-refractivity contribution in [2.75, 3.05) is 23.1 Å². The van der Waals surface area contributed by atoms with Crippen LogP contribution in [0, 0.1) is 0 Å². The molecule has 2 atom stereocenters. The number of nitrogens with zero attached hydrogens (tertiary/aromatic N) is 1. The fraction of sp³-hybridized carbons (Fsp3) is 0.364. The van der Waals surface area contributed by atoms with Crippen molar-refractivity contribution in [2.45, 2.75) is 45.1 Å². The van der Waals surface area contributed by atoms with Gasteiger partial charge in [0.25, 0.3) is 0 Å². The number of carbonyl (C=O) groups is 2. The molecule has 1 aliphatic heterocycles. The number of hydrogen-bond donors (Lipinski definition) is 2. The molecule has 148 valence electrons. The van der Waals surface area contributed by atoms with Gasteiger partial charge in [0, 0.05) is 18.0 Å². The molecule has 2 aromatic carbocycles. The topological polar surface area (TPSA) is 84.7 Å². The first-order valence-corrected chi connectivity index (χ1v) is 9.55. The molecule has 28 heavy (non-hydrogen) atoms. The Hall–Kier alpha value is -3.02. The molecule has 1 heterocycles. The lowest BCUT2D eigenvalue weighted by Crippen LogP contribution is -2.42. The zero-order chi connectivity index (χ0) is 20.3. The highest BCUT2D eigenvalue weighted by Gasteiger charge is 2.31. The maximum atomic E-state index is 12.7. The van der Waals surface area contributed by atoms with Crippen molar-refractivity contribution in [3.63, 3.8) is 0 Å². The zero-order valence-corrected chi connectivity index (χ0v) is 16.6. The van der Waals surface area contributed by atoms with Crippen molar-refractivity contribution in [3.05, 3.63) is 53.6 Å². The minimum Gasteiger partial charge on any atom is -0.452 e. The number of nitrogens with two attached hydrogens (primary N) is 1. The molecular weight excluding hydrogens is 354 g/mol. The molecule has 3 rings (SSSR count). The lowest BCUT2D eigenvalue weighted by atomic mass is 9.94.